The van der Waals surface area contributed by atoms with E-state index in [1.165, 1.54) is 16.8 Å². The van der Waals surface area contributed by atoms with Crippen LogP contribution in [0.3, 0.4) is 0 Å². The lowest BCUT2D eigenvalue weighted by atomic mass is 10.3. The lowest BCUT2D eigenvalue weighted by Gasteiger charge is -2.06. The highest BCUT2D eigenvalue weighted by Gasteiger charge is 2.14. The highest BCUT2D eigenvalue weighted by molar-refractivity contribution is 5.92. The summed E-state index contributed by atoms with van der Waals surface area (Å²) in [6.45, 7) is 3.14. The molecule has 0 bridgehead atoms. The van der Waals surface area contributed by atoms with Crippen LogP contribution < -0.4 is 10.1 Å². The molecule has 2 heterocycles. The van der Waals surface area contributed by atoms with Crippen LogP contribution in [0.1, 0.15) is 22.5 Å². The number of carbonyl (C=O) groups is 1. The molecule has 1 N–H and O–H groups in total. The van der Waals surface area contributed by atoms with Gasteiger partial charge in [0.2, 0.25) is 0 Å². The molecular formula is C18H20N6O4. The van der Waals surface area contributed by atoms with Gasteiger partial charge in [0, 0.05) is 31.5 Å². The molecule has 1 aromatic carbocycles. The van der Waals surface area contributed by atoms with Crippen molar-refractivity contribution in [2.45, 2.75) is 26.6 Å². The SMILES string of the molecule is Cc1cnn(CCCNC(=O)c2ccn(COc3ccccc3[N+](=O)[O-])n2)c1. The molecule has 10 nitrogen and oxygen atoms in total. The van der Waals surface area contributed by atoms with Gasteiger partial charge in [-0.1, -0.05) is 12.1 Å². The topological polar surface area (TPSA) is 117 Å². The molecule has 146 valence electrons. The molecule has 0 radical (unpaired) electrons. The molecule has 10 heteroatoms. The van der Waals surface area contributed by atoms with Gasteiger partial charge < -0.3 is 10.1 Å². The minimum atomic E-state index is -0.512. The zero-order valence-electron chi connectivity index (χ0n) is 15.3. The highest BCUT2D eigenvalue weighted by atomic mass is 16.6. The molecule has 3 aromatic rings. The lowest BCUT2D eigenvalue weighted by molar-refractivity contribution is -0.386. The number of nitrogens with one attached hydrogen (secondary N) is 1. The van der Waals surface area contributed by atoms with Crippen molar-refractivity contribution in [2.24, 2.45) is 0 Å². The van der Waals surface area contributed by atoms with E-state index in [9.17, 15) is 14.9 Å². The van der Waals surface area contributed by atoms with E-state index >= 15 is 0 Å². The van der Waals surface area contributed by atoms with Crippen molar-refractivity contribution in [3.05, 3.63) is 70.3 Å². The maximum atomic E-state index is 12.2. The fraction of sp³-hybridized carbons (Fsp3) is 0.278. The normalized spacial score (nSPS) is 10.6. The number of aromatic nitrogens is 4. The number of aryl methyl sites for hydroxylation is 2. The lowest BCUT2D eigenvalue weighted by Crippen LogP contribution is -2.26. The number of benzene rings is 1. The van der Waals surface area contributed by atoms with Crippen molar-refractivity contribution in [3.63, 3.8) is 0 Å². The molecule has 0 aliphatic heterocycles. The van der Waals surface area contributed by atoms with Gasteiger partial charge in [-0.05, 0) is 31.0 Å². The molecule has 1 amide bonds. The summed E-state index contributed by atoms with van der Waals surface area (Å²) in [6, 6.07) is 7.65. The molecule has 2 aromatic heterocycles. The summed E-state index contributed by atoms with van der Waals surface area (Å²) in [5, 5.41) is 22.1. The smallest absolute Gasteiger partial charge is 0.311 e. The van der Waals surface area contributed by atoms with Gasteiger partial charge in [0.15, 0.2) is 12.5 Å². The van der Waals surface area contributed by atoms with Crippen LogP contribution in [-0.4, -0.2) is 36.9 Å². The van der Waals surface area contributed by atoms with Gasteiger partial charge in [0.1, 0.15) is 5.69 Å². The van der Waals surface area contributed by atoms with Crippen LogP contribution in [0, 0.1) is 17.0 Å². The van der Waals surface area contributed by atoms with Crippen molar-refractivity contribution >= 4 is 11.6 Å². The first-order valence-corrected chi connectivity index (χ1v) is 8.70. The maximum Gasteiger partial charge on any atom is 0.311 e. The Morgan fingerprint density at radius 1 is 1.29 bits per heavy atom. The van der Waals surface area contributed by atoms with E-state index in [-0.39, 0.29) is 29.8 Å². The molecule has 0 saturated carbocycles. The fourth-order valence-corrected chi connectivity index (χ4v) is 2.54. The Kier molecular flexibility index (Phi) is 6.00. The molecule has 0 atom stereocenters. The van der Waals surface area contributed by atoms with E-state index in [0.29, 0.717) is 13.1 Å². The van der Waals surface area contributed by atoms with E-state index in [1.807, 2.05) is 17.8 Å². The first-order valence-electron chi connectivity index (χ1n) is 8.70. The molecule has 0 saturated heterocycles. The predicted octanol–water partition coefficient (Wildman–Crippen LogP) is 2.15. The number of para-hydroxylation sites is 2. The third-order valence-electron chi connectivity index (χ3n) is 3.90. The Morgan fingerprint density at radius 3 is 2.86 bits per heavy atom. The van der Waals surface area contributed by atoms with Gasteiger partial charge in [-0.15, -0.1) is 0 Å². The standard InChI is InChI=1S/C18H20N6O4/c1-14-11-20-22(12-14)9-4-8-19-18(25)15-7-10-23(21-15)13-28-17-6-3-2-5-16(17)24(26)27/h2-3,5-7,10-12H,4,8-9,13H2,1H3,(H,19,25). The molecule has 0 aliphatic carbocycles. The van der Waals surface area contributed by atoms with E-state index in [2.05, 4.69) is 15.5 Å². The average Bonchev–Trinajstić information content (AvgIpc) is 3.32. The van der Waals surface area contributed by atoms with E-state index in [4.69, 9.17) is 4.74 Å². The minimum absolute atomic E-state index is 0.0449. The molecule has 0 spiro atoms. The Balaban J connectivity index is 1.47. The van der Waals surface area contributed by atoms with E-state index < -0.39 is 4.92 Å². The number of carbonyl (C=O) groups excluding carboxylic acids is 1. The Bertz CT molecular complexity index is 964. The van der Waals surface area contributed by atoms with Crippen LogP contribution in [-0.2, 0) is 13.3 Å². The second-order valence-corrected chi connectivity index (χ2v) is 6.13. The first kappa shape index (κ1) is 19.1. The highest BCUT2D eigenvalue weighted by Crippen LogP contribution is 2.25. The second kappa shape index (κ2) is 8.80. The summed E-state index contributed by atoms with van der Waals surface area (Å²) in [7, 11) is 0. The summed E-state index contributed by atoms with van der Waals surface area (Å²) < 4.78 is 8.68. The third-order valence-corrected chi connectivity index (χ3v) is 3.90. The van der Waals surface area contributed by atoms with Crippen LogP contribution in [0.5, 0.6) is 5.75 Å². The molecule has 3 rings (SSSR count). The molecule has 0 fully saturated rings. The molecule has 28 heavy (non-hydrogen) atoms. The number of hydrogen-bond acceptors (Lipinski definition) is 6. The molecule has 0 unspecified atom stereocenters. The number of rotatable bonds is 9. The van der Waals surface area contributed by atoms with Gasteiger partial charge in [-0.3, -0.25) is 19.6 Å². The summed E-state index contributed by atoms with van der Waals surface area (Å²) >= 11 is 0. The zero-order chi connectivity index (χ0) is 19.9. The number of hydrogen-bond donors (Lipinski definition) is 1. The number of nitrogens with zero attached hydrogens (tertiary/aromatic N) is 5. The average molecular weight is 384 g/mol. The number of ether oxygens (including phenoxy) is 1. The van der Waals surface area contributed by atoms with Crippen LogP contribution in [0.25, 0.3) is 0 Å². The summed E-state index contributed by atoms with van der Waals surface area (Å²) in [4.78, 5) is 22.6. The van der Waals surface area contributed by atoms with Crippen molar-refractivity contribution in [1.29, 1.82) is 0 Å². The van der Waals surface area contributed by atoms with Crippen LogP contribution >= 0.6 is 0 Å². The van der Waals surface area contributed by atoms with E-state index in [1.54, 1.807) is 30.6 Å². The van der Waals surface area contributed by atoms with Gasteiger partial charge in [0.25, 0.3) is 5.91 Å². The number of nitro benzene ring substituents is 1. The number of nitro groups is 1. The van der Waals surface area contributed by atoms with Gasteiger partial charge in [-0.2, -0.15) is 10.2 Å². The summed E-state index contributed by atoms with van der Waals surface area (Å²) in [6.07, 6.45) is 6.06. The third kappa shape index (κ3) is 4.93. The maximum absolute atomic E-state index is 12.2. The quantitative estimate of drug-likeness (QED) is 0.343. The van der Waals surface area contributed by atoms with Gasteiger partial charge in [0.05, 0.1) is 11.1 Å². The Morgan fingerprint density at radius 2 is 2.11 bits per heavy atom. The van der Waals surface area contributed by atoms with Crippen molar-refractivity contribution in [1.82, 2.24) is 24.9 Å². The fourth-order valence-electron chi connectivity index (χ4n) is 2.54. The Labute approximate surface area is 160 Å². The second-order valence-electron chi connectivity index (χ2n) is 6.13. The van der Waals surface area contributed by atoms with Crippen molar-refractivity contribution in [3.8, 4) is 5.75 Å². The van der Waals surface area contributed by atoms with Gasteiger partial charge >= 0.3 is 5.69 Å². The number of amides is 1. The monoisotopic (exact) mass is 384 g/mol. The molecular weight excluding hydrogens is 364 g/mol. The van der Waals surface area contributed by atoms with Crippen molar-refractivity contribution < 1.29 is 14.5 Å². The van der Waals surface area contributed by atoms with Crippen LogP contribution in [0.2, 0.25) is 0 Å². The van der Waals surface area contributed by atoms with Crippen LogP contribution in [0.4, 0.5) is 5.69 Å². The summed E-state index contributed by atoms with van der Waals surface area (Å²) in [5.74, 6) is -0.149. The predicted molar refractivity (Wildman–Crippen MR) is 99.9 cm³/mol. The van der Waals surface area contributed by atoms with Crippen molar-refractivity contribution in [2.75, 3.05) is 6.54 Å². The largest absolute Gasteiger partial charge is 0.464 e. The van der Waals surface area contributed by atoms with E-state index in [0.717, 1.165) is 12.0 Å². The Hall–Kier alpha value is -3.69. The minimum Gasteiger partial charge on any atom is -0.464 e. The zero-order valence-corrected chi connectivity index (χ0v) is 15.3. The summed E-state index contributed by atoms with van der Waals surface area (Å²) in [5.41, 5.74) is 1.22. The van der Waals surface area contributed by atoms with Crippen LogP contribution in [0.15, 0.2) is 48.9 Å². The molecule has 0 aliphatic rings. The first-order chi connectivity index (χ1) is 13.5. The van der Waals surface area contributed by atoms with Gasteiger partial charge in [-0.25, -0.2) is 4.68 Å².